The fraction of sp³-hybridized carbons (Fsp3) is 0.417. The maximum atomic E-state index is 11.9. The summed E-state index contributed by atoms with van der Waals surface area (Å²) in [5.41, 5.74) is 0.285. The maximum Gasteiger partial charge on any atom is 0.253 e. The molecule has 0 aliphatic rings. The van der Waals surface area contributed by atoms with Gasteiger partial charge in [0, 0.05) is 26.0 Å². The zero-order valence-corrected chi connectivity index (χ0v) is 11.5. The fourth-order valence-electron chi connectivity index (χ4n) is 1.33. The van der Waals surface area contributed by atoms with Crippen LogP contribution in [-0.4, -0.2) is 43.1 Å². The van der Waals surface area contributed by atoms with Crippen LogP contribution in [0.2, 0.25) is 5.02 Å². The van der Waals surface area contributed by atoms with E-state index in [1.54, 1.807) is 14.0 Å². The first-order valence-electron chi connectivity index (χ1n) is 5.73. The van der Waals surface area contributed by atoms with Crippen molar-refractivity contribution < 1.29 is 14.3 Å². The van der Waals surface area contributed by atoms with Crippen LogP contribution in [0.4, 0.5) is 0 Å². The van der Waals surface area contributed by atoms with Crippen LogP contribution in [-0.2, 0) is 9.53 Å². The van der Waals surface area contributed by atoms with Crippen molar-refractivity contribution in [3.05, 3.63) is 29.0 Å². The summed E-state index contributed by atoms with van der Waals surface area (Å²) in [7, 11) is 1.54. The third-order valence-electron chi connectivity index (χ3n) is 2.36. The van der Waals surface area contributed by atoms with Crippen LogP contribution in [0, 0.1) is 0 Å². The first-order chi connectivity index (χ1) is 9.06. The van der Waals surface area contributed by atoms with E-state index in [4.69, 9.17) is 16.3 Å². The largest absolute Gasteiger partial charge is 0.383 e. The molecule has 1 heterocycles. The van der Waals surface area contributed by atoms with E-state index in [1.165, 1.54) is 18.5 Å². The van der Waals surface area contributed by atoms with Crippen molar-refractivity contribution in [1.29, 1.82) is 0 Å². The molecule has 2 amide bonds. The minimum Gasteiger partial charge on any atom is -0.383 e. The van der Waals surface area contributed by atoms with Gasteiger partial charge in [-0.1, -0.05) is 11.6 Å². The zero-order chi connectivity index (χ0) is 14.3. The zero-order valence-electron chi connectivity index (χ0n) is 10.8. The average Bonchev–Trinajstić information content (AvgIpc) is 2.39. The topological polar surface area (TPSA) is 80.3 Å². The quantitative estimate of drug-likeness (QED) is 0.751. The molecule has 7 heteroatoms. The normalized spacial score (nSPS) is 11.7. The number of rotatable bonds is 6. The molecule has 0 bridgehead atoms. The maximum absolute atomic E-state index is 11.9. The van der Waals surface area contributed by atoms with Crippen molar-refractivity contribution in [3.63, 3.8) is 0 Å². The van der Waals surface area contributed by atoms with Gasteiger partial charge in [-0.2, -0.15) is 0 Å². The lowest BCUT2D eigenvalue weighted by atomic mass is 10.2. The standard InChI is InChI=1S/C12H16ClN3O3/c1-8(11(17)15-5-6-19-2)16-12(18)9-3-4-14-7-10(9)13/h3-4,7-8H,5-6H2,1-2H3,(H,15,17)(H,16,18). The van der Waals surface area contributed by atoms with Crippen molar-refractivity contribution in [1.82, 2.24) is 15.6 Å². The fourth-order valence-corrected chi connectivity index (χ4v) is 1.53. The van der Waals surface area contributed by atoms with Gasteiger partial charge < -0.3 is 15.4 Å². The highest BCUT2D eigenvalue weighted by Gasteiger charge is 2.17. The van der Waals surface area contributed by atoms with Gasteiger partial charge in [0.15, 0.2) is 0 Å². The average molecular weight is 286 g/mol. The summed E-state index contributed by atoms with van der Waals surface area (Å²) in [6.07, 6.45) is 2.84. The number of methoxy groups -OCH3 is 1. The predicted octanol–water partition coefficient (Wildman–Crippen LogP) is 0.616. The number of hydrogen-bond acceptors (Lipinski definition) is 4. The van der Waals surface area contributed by atoms with E-state index in [0.717, 1.165) is 0 Å². The molecular weight excluding hydrogens is 270 g/mol. The highest BCUT2D eigenvalue weighted by molar-refractivity contribution is 6.33. The third kappa shape index (κ3) is 4.84. The van der Waals surface area contributed by atoms with Crippen molar-refractivity contribution in [2.75, 3.05) is 20.3 Å². The highest BCUT2D eigenvalue weighted by atomic mass is 35.5. The lowest BCUT2D eigenvalue weighted by Gasteiger charge is -2.14. The SMILES string of the molecule is COCCNC(=O)C(C)NC(=O)c1ccncc1Cl. The molecule has 1 unspecified atom stereocenters. The summed E-state index contributed by atoms with van der Waals surface area (Å²) in [4.78, 5) is 27.3. The Morgan fingerprint density at radius 2 is 2.26 bits per heavy atom. The van der Waals surface area contributed by atoms with Crippen LogP contribution < -0.4 is 10.6 Å². The number of ether oxygens (including phenoxy) is 1. The van der Waals surface area contributed by atoms with E-state index in [1.807, 2.05) is 0 Å². The second-order valence-electron chi connectivity index (χ2n) is 3.83. The Labute approximate surface area is 116 Å². The van der Waals surface area contributed by atoms with E-state index in [9.17, 15) is 9.59 Å². The highest BCUT2D eigenvalue weighted by Crippen LogP contribution is 2.12. The lowest BCUT2D eigenvalue weighted by Crippen LogP contribution is -2.45. The van der Waals surface area contributed by atoms with Gasteiger partial charge >= 0.3 is 0 Å². The lowest BCUT2D eigenvalue weighted by molar-refractivity contribution is -0.122. The molecule has 1 aromatic rings. The molecule has 19 heavy (non-hydrogen) atoms. The number of amides is 2. The minimum absolute atomic E-state index is 0.243. The molecule has 6 nitrogen and oxygen atoms in total. The smallest absolute Gasteiger partial charge is 0.253 e. The Bertz CT molecular complexity index is 454. The second-order valence-corrected chi connectivity index (χ2v) is 4.24. The van der Waals surface area contributed by atoms with Gasteiger partial charge in [0.05, 0.1) is 17.2 Å². The van der Waals surface area contributed by atoms with E-state index in [2.05, 4.69) is 15.6 Å². The Balaban J connectivity index is 2.52. The van der Waals surface area contributed by atoms with Gasteiger partial charge in [-0.3, -0.25) is 14.6 Å². The van der Waals surface area contributed by atoms with Gasteiger partial charge in [0.1, 0.15) is 6.04 Å². The monoisotopic (exact) mass is 285 g/mol. The second kappa shape index (κ2) is 7.70. The van der Waals surface area contributed by atoms with Crippen molar-refractivity contribution in [2.45, 2.75) is 13.0 Å². The van der Waals surface area contributed by atoms with Crippen LogP contribution in [0.3, 0.4) is 0 Å². The summed E-state index contributed by atoms with van der Waals surface area (Å²) >= 11 is 5.84. The summed E-state index contributed by atoms with van der Waals surface area (Å²) < 4.78 is 4.81. The van der Waals surface area contributed by atoms with Crippen LogP contribution in [0.25, 0.3) is 0 Å². The first-order valence-corrected chi connectivity index (χ1v) is 6.11. The summed E-state index contributed by atoms with van der Waals surface area (Å²) in [5.74, 6) is -0.697. The number of nitrogens with one attached hydrogen (secondary N) is 2. The predicted molar refractivity (Wildman–Crippen MR) is 71.1 cm³/mol. The van der Waals surface area contributed by atoms with Crippen molar-refractivity contribution >= 4 is 23.4 Å². The number of pyridine rings is 1. The molecule has 104 valence electrons. The Morgan fingerprint density at radius 3 is 2.89 bits per heavy atom. The van der Waals surface area contributed by atoms with Gasteiger partial charge in [-0.15, -0.1) is 0 Å². The molecule has 0 aliphatic heterocycles. The molecule has 0 spiro atoms. The van der Waals surface area contributed by atoms with Crippen LogP contribution in [0.1, 0.15) is 17.3 Å². The van der Waals surface area contributed by atoms with Crippen LogP contribution >= 0.6 is 11.6 Å². The molecule has 1 atom stereocenters. The molecule has 0 radical (unpaired) electrons. The molecule has 0 saturated heterocycles. The summed E-state index contributed by atoms with van der Waals surface area (Å²) in [5, 5.41) is 5.43. The number of aromatic nitrogens is 1. The molecule has 1 aromatic heterocycles. The van der Waals surface area contributed by atoms with Gasteiger partial charge in [-0.25, -0.2) is 0 Å². The number of carbonyl (C=O) groups excluding carboxylic acids is 2. The molecule has 0 fully saturated rings. The van der Waals surface area contributed by atoms with E-state index < -0.39 is 11.9 Å². The minimum atomic E-state index is -0.659. The van der Waals surface area contributed by atoms with Crippen LogP contribution in [0.5, 0.6) is 0 Å². The Morgan fingerprint density at radius 1 is 1.53 bits per heavy atom. The van der Waals surface area contributed by atoms with Crippen molar-refractivity contribution in [2.24, 2.45) is 0 Å². The molecule has 0 saturated carbocycles. The number of carbonyl (C=O) groups is 2. The Hall–Kier alpha value is -1.66. The number of hydrogen-bond donors (Lipinski definition) is 2. The number of halogens is 1. The van der Waals surface area contributed by atoms with E-state index >= 15 is 0 Å². The first kappa shape index (κ1) is 15.4. The van der Waals surface area contributed by atoms with E-state index in [-0.39, 0.29) is 16.5 Å². The molecule has 2 N–H and O–H groups in total. The molecule has 1 rings (SSSR count). The Kier molecular flexibility index (Phi) is 6.24. The molecular formula is C12H16ClN3O3. The molecule has 0 aromatic carbocycles. The van der Waals surface area contributed by atoms with Gasteiger partial charge in [0.25, 0.3) is 5.91 Å². The summed E-state index contributed by atoms with van der Waals surface area (Å²) in [6, 6.07) is 0.835. The molecule has 0 aliphatic carbocycles. The van der Waals surface area contributed by atoms with E-state index in [0.29, 0.717) is 13.2 Å². The summed E-state index contributed by atoms with van der Waals surface area (Å²) in [6.45, 7) is 2.41. The number of nitrogens with zero attached hydrogens (tertiary/aromatic N) is 1. The van der Waals surface area contributed by atoms with Gasteiger partial charge in [-0.05, 0) is 13.0 Å². The van der Waals surface area contributed by atoms with Gasteiger partial charge in [0.2, 0.25) is 5.91 Å². The van der Waals surface area contributed by atoms with Crippen LogP contribution in [0.15, 0.2) is 18.5 Å². The van der Waals surface area contributed by atoms with Crippen molar-refractivity contribution in [3.8, 4) is 0 Å². The third-order valence-corrected chi connectivity index (χ3v) is 2.66.